The fourth-order valence-corrected chi connectivity index (χ4v) is 7.39. The van der Waals surface area contributed by atoms with Crippen LogP contribution in [-0.4, -0.2) is 0 Å². The molecule has 4 aromatic carbocycles. The summed E-state index contributed by atoms with van der Waals surface area (Å²) in [6, 6.07) is 33.1. The zero-order chi connectivity index (χ0) is 25.9. The van der Waals surface area contributed by atoms with Gasteiger partial charge in [0, 0.05) is 0 Å². The number of aryl methyl sites for hydroxylation is 2. The van der Waals surface area contributed by atoms with E-state index in [0.717, 1.165) is 43.6 Å². The van der Waals surface area contributed by atoms with Crippen molar-refractivity contribution in [1.82, 2.24) is 0 Å². The van der Waals surface area contributed by atoms with Gasteiger partial charge in [0.15, 0.2) is 0 Å². The maximum Gasteiger partial charge on any atom is -0.0238 e. The van der Waals surface area contributed by atoms with Crippen LogP contribution < -0.4 is 3.32 Å². The molecular weight excluding hydrogens is 599 g/mol. The summed E-state index contributed by atoms with van der Waals surface area (Å²) in [7, 11) is 0. The van der Waals surface area contributed by atoms with Crippen molar-refractivity contribution < 1.29 is 24.4 Å². The topological polar surface area (TPSA) is 0 Å². The minimum absolute atomic E-state index is 0.226. The van der Waals surface area contributed by atoms with Crippen LogP contribution in [0.25, 0.3) is 11.1 Å². The molecule has 4 aromatic rings. The molecule has 0 fully saturated rings. The molecule has 0 spiro atoms. The van der Waals surface area contributed by atoms with Crippen molar-refractivity contribution in [2.75, 3.05) is 0 Å². The summed E-state index contributed by atoms with van der Waals surface area (Å²) in [5.41, 5.74) is 12.3. The molecule has 0 heterocycles. The third-order valence-corrected chi connectivity index (χ3v) is 9.19. The molecule has 1 heteroatoms. The van der Waals surface area contributed by atoms with E-state index in [1.807, 2.05) is 0 Å². The third kappa shape index (κ3) is 6.35. The van der Waals surface area contributed by atoms with Gasteiger partial charge in [0.05, 0.1) is 0 Å². The van der Waals surface area contributed by atoms with Gasteiger partial charge in [-0.05, 0) is 24.0 Å². The first-order valence-corrected chi connectivity index (χ1v) is 14.9. The number of hydrogen-bond acceptors (Lipinski definition) is 0. The summed E-state index contributed by atoms with van der Waals surface area (Å²) in [6.07, 6.45) is 3.38. The van der Waals surface area contributed by atoms with Crippen LogP contribution in [0, 0.1) is 0 Å². The molecule has 0 aromatic heterocycles. The van der Waals surface area contributed by atoms with Crippen molar-refractivity contribution in [1.29, 1.82) is 0 Å². The van der Waals surface area contributed by atoms with E-state index in [1.54, 1.807) is 14.4 Å². The fraction of sp³-hybridized carbons (Fsp3) is 0.314. The van der Waals surface area contributed by atoms with Gasteiger partial charge in [-0.1, -0.05) is 60.7 Å². The second-order valence-corrected chi connectivity index (χ2v) is 13.8. The van der Waals surface area contributed by atoms with Crippen LogP contribution in [-0.2, 0) is 54.5 Å². The molecular formula is C35H39Hf. The smallest absolute Gasteiger partial charge is 0.0238 e. The first-order chi connectivity index (χ1) is 17.0. The summed E-state index contributed by atoms with van der Waals surface area (Å²) in [5.74, 6) is 0. The van der Waals surface area contributed by atoms with Crippen molar-refractivity contribution >= 4 is 3.32 Å². The third-order valence-electron chi connectivity index (χ3n) is 7.14. The van der Waals surface area contributed by atoms with Gasteiger partial charge in [-0.25, -0.2) is 0 Å². The van der Waals surface area contributed by atoms with E-state index in [4.69, 9.17) is 0 Å². The Labute approximate surface area is 233 Å². The Hall–Kier alpha value is -2.25. The predicted octanol–water partition coefficient (Wildman–Crippen LogP) is 8.50. The maximum absolute atomic E-state index is 2.44. The molecule has 36 heavy (non-hydrogen) atoms. The minimum Gasteiger partial charge on any atom is -0.0622 e. The Morgan fingerprint density at radius 1 is 0.611 bits per heavy atom. The molecule has 1 aliphatic carbocycles. The van der Waals surface area contributed by atoms with E-state index in [1.165, 1.54) is 33.4 Å². The van der Waals surface area contributed by atoms with Crippen LogP contribution in [0.1, 0.15) is 74.9 Å². The van der Waals surface area contributed by atoms with Gasteiger partial charge in [0.1, 0.15) is 0 Å². The summed E-state index contributed by atoms with van der Waals surface area (Å²) < 4.78 is 1.62. The molecule has 0 amide bonds. The van der Waals surface area contributed by atoms with E-state index in [9.17, 15) is 0 Å². The standard InChI is InChI=1S/C21H25.C14H14.Hf/c1-20(2,3)16-7-9-18-14(12-16)11-15-13-17(21(4,5)6)8-10-19(15)18;1-3-7-13(8-4-1)11-12-14-9-5-2-6-10-14;/h7-10,12H,11H2,1-6H3;1-10H,11-12H2;. The number of benzene rings is 4. The van der Waals surface area contributed by atoms with Gasteiger partial charge in [-0.2, -0.15) is 0 Å². The fourth-order valence-electron chi connectivity index (χ4n) is 4.95. The van der Waals surface area contributed by atoms with E-state index in [2.05, 4.69) is 133 Å². The Morgan fingerprint density at radius 3 is 1.64 bits per heavy atom. The van der Waals surface area contributed by atoms with Crippen molar-refractivity contribution in [2.24, 2.45) is 0 Å². The first kappa shape index (κ1) is 26.8. The van der Waals surface area contributed by atoms with Crippen molar-refractivity contribution in [3.63, 3.8) is 0 Å². The van der Waals surface area contributed by atoms with Gasteiger partial charge in [-0.3, -0.25) is 0 Å². The number of rotatable bonds is 3. The molecule has 0 aliphatic heterocycles. The number of hydrogen-bond donors (Lipinski definition) is 0. The Balaban J connectivity index is 0.000000187. The Kier molecular flexibility index (Phi) is 8.20. The van der Waals surface area contributed by atoms with Gasteiger partial charge >= 0.3 is 150 Å². The van der Waals surface area contributed by atoms with Gasteiger partial charge < -0.3 is 0 Å². The van der Waals surface area contributed by atoms with Crippen LogP contribution in [0.2, 0.25) is 0 Å². The summed E-state index contributed by atoms with van der Waals surface area (Å²) in [6.45, 7) is 13.9. The average molecular weight is 638 g/mol. The molecule has 0 bridgehead atoms. The molecule has 0 radical (unpaired) electrons. The van der Waals surface area contributed by atoms with E-state index < -0.39 is 0 Å². The molecule has 183 valence electrons. The maximum atomic E-state index is 2.44. The zero-order valence-electron chi connectivity index (χ0n) is 22.8. The van der Waals surface area contributed by atoms with E-state index in [-0.39, 0.29) is 10.8 Å². The second-order valence-electron chi connectivity index (χ2n) is 12.0. The zero-order valence-corrected chi connectivity index (χ0v) is 26.4. The summed E-state index contributed by atoms with van der Waals surface area (Å²) in [5, 5.41) is 0. The molecule has 0 N–H and O–H groups in total. The van der Waals surface area contributed by atoms with Crippen molar-refractivity contribution in [3.05, 3.63) is 124 Å². The normalized spacial score (nSPS) is 12.4. The van der Waals surface area contributed by atoms with E-state index >= 15 is 0 Å². The molecule has 0 saturated carbocycles. The van der Waals surface area contributed by atoms with Crippen molar-refractivity contribution in [2.45, 2.75) is 71.6 Å². The number of fused-ring (bicyclic) bond motifs is 3. The summed E-state index contributed by atoms with van der Waals surface area (Å²) in [4.78, 5) is 0. The largest absolute Gasteiger partial charge is 0.0622 e. The molecule has 0 unspecified atom stereocenters. The van der Waals surface area contributed by atoms with Crippen LogP contribution in [0.5, 0.6) is 0 Å². The molecule has 0 atom stereocenters. The van der Waals surface area contributed by atoms with Gasteiger partial charge in [0.25, 0.3) is 0 Å². The average Bonchev–Trinajstić information content (AvgIpc) is 3.22. The van der Waals surface area contributed by atoms with E-state index in [0.29, 0.717) is 0 Å². The minimum atomic E-state index is 0.226. The SMILES string of the molecule is CC(C)(C)c1ccc2c(c1)Cc1c-2ccc(C(C)(C)C)[c]1[Hf].c1ccc(CCc2ccccc2)cc1. The molecule has 5 rings (SSSR count). The molecule has 0 nitrogen and oxygen atoms in total. The first-order valence-electron chi connectivity index (χ1n) is 13.1. The molecule has 0 saturated heterocycles. The summed E-state index contributed by atoms with van der Waals surface area (Å²) >= 11 is 1.13. The second kappa shape index (κ2) is 11.0. The van der Waals surface area contributed by atoms with Gasteiger partial charge in [-0.15, -0.1) is 0 Å². The van der Waals surface area contributed by atoms with Gasteiger partial charge in [0.2, 0.25) is 0 Å². The van der Waals surface area contributed by atoms with Crippen LogP contribution in [0.15, 0.2) is 91.0 Å². The monoisotopic (exact) mass is 639 g/mol. The Bertz CT molecular complexity index is 1260. The van der Waals surface area contributed by atoms with Crippen LogP contribution in [0.4, 0.5) is 0 Å². The van der Waals surface area contributed by atoms with Crippen molar-refractivity contribution in [3.8, 4) is 11.1 Å². The predicted molar refractivity (Wildman–Crippen MR) is 152 cm³/mol. The Morgan fingerprint density at radius 2 is 1.14 bits per heavy atom. The molecule has 1 aliphatic rings. The van der Waals surface area contributed by atoms with Crippen LogP contribution in [0.3, 0.4) is 0 Å². The van der Waals surface area contributed by atoms with Crippen LogP contribution >= 0.6 is 0 Å². The quantitative estimate of drug-likeness (QED) is 0.174.